The number of aromatic nitrogens is 2. The van der Waals surface area contributed by atoms with Crippen LogP contribution in [0.3, 0.4) is 0 Å². The Labute approximate surface area is 390 Å². The quantitative estimate of drug-likeness (QED) is 0.161. The minimum atomic E-state index is 0.868. The van der Waals surface area contributed by atoms with E-state index in [1.807, 2.05) is 17.5 Å². The second kappa shape index (κ2) is 15.0. The molecule has 3 heteroatoms. The highest BCUT2D eigenvalue weighted by molar-refractivity contribution is 7.26. The molecule has 0 unspecified atom stereocenters. The Morgan fingerprint density at radius 1 is 0.284 bits per heavy atom. The monoisotopic (exact) mass is 866 g/mol. The van der Waals surface area contributed by atoms with Gasteiger partial charge in [0.2, 0.25) is 0 Å². The molecule has 0 aliphatic heterocycles. The molecule has 310 valence electrons. The fourth-order valence-corrected chi connectivity index (χ4v) is 11.6. The highest BCUT2D eigenvalue weighted by Crippen LogP contribution is 2.41. The molecule has 0 saturated heterocycles. The summed E-state index contributed by atoms with van der Waals surface area (Å²) in [4.78, 5) is 10.3. The predicted octanol–water partition coefficient (Wildman–Crippen LogP) is 18.1. The first kappa shape index (κ1) is 37.8. The smallest absolute Gasteiger partial charge is 0.0979 e. The van der Waals surface area contributed by atoms with Crippen molar-refractivity contribution in [2.45, 2.75) is 0 Å². The van der Waals surface area contributed by atoms with E-state index in [0.717, 1.165) is 38.6 Å². The van der Waals surface area contributed by atoms with Crippen molar-refractivity contribution in [2.24, 2.45) is 0 Å². The SMILES string of the molecule is c1cc(-c2ccc3cc(-c4ccc5cc(-c6ccc7cc(-c8cccc9c8sc8ccccc89)ccc7c6)ccc5c4)ccc3c2)cc(-c2cnc3c4ccccc4c4ccccc4c3n2)c1. The van der Waals surface area contributed by atoms with Crippen LogP contribution in [0.1, 0.15) is 0 Å². The molecule has 0 aliphatic carbocycles. The topological polar surface area (TPSA) is 25.8 Å². The van der Waals surface area contributed by atoms with Crippen molar-refractivity contribution in [3.63, 3.8) is 0 Å². The molecule has 0 saturated carbocycles. The molecular formula is C64H38N2S. The second-order valence-corrected chi connectivity index (χ2v) is 18.8. The van der Waals surface area contributed by atoms with Crippen LogP contribution in [-0.2, 0) is 0 Å². The molecule has 0 amide bonds. The predicted molar refractivity (Wildman–Crippen MR) is 287 cm³/mol. The van der Waals surface area contributed by atoms with Crippen LogP contribution in [0.25, 0.3) is 141 Å². The third kappa shape index (κ3) is 6.31. The largest absolute Gasteiger partial charge is 0.252 e. The van der Waals surface area contributed by atoms with Gasteiger partial charge in [-0.2, -0.15) is 0 Å². The summed E-state index contributed by atoms with van der Waals surface area (Å²) in [6.07, 6.45) is 1.92. The zero-order valence-electron chi connectivity index (χ0n) is 36.2. The molecule has 67 heavy (non-hydrogen) atoms. The van der Waals surface area contributed by atoms with Gasteiger partial charge in [-0.15, -0.1) is 11.3 Å². The maximum Gasteiger partial charge on any atom is 0.0979 e. The molecule has 0 radical (unpaired) electrons. The van der Waals surface area contributed by atoms with Gasteiger partial charge in [-0.3, -0.25) is 4.98 Å². The van der Waals surface area contributed by atoms with Gasteiger partial charge in [0, 0.05) is 36.5 Å². The number of nitrogens with zero attached hydrogens (tertiary/aromatic N) is 2. The lowest BCUT2D eigenvalue weighted by molar-refractivity contribution is 1.31. The van der Waals surface area contributed by atoms with Crippen LogP contribution in [0.5, 0.6) is 0 Å². The average Bonchev–Trinajstić information content (AvgIpc) is 3.79. The van der Waals surface area contributed by atoms with E-state index < -0.39 is 0 Å². The third-order valence-corrected chi connectivity index (χ3v) is 15.0. The normalized spacial score (nSPS) is 11.9. The van der Waals surface area contributed by atoms with Gasteiger partial charge < -0.3 is 0 Å². The lowest BCUT2D eigenvalue weighted by atomic mass is 9.94. The van der Waals surface area contributed by atoms with Crippen LogP contribution in [-0.4, -0.2) is 9.97 Å². The van der Waals surface area contributed by atoms with Gasteiger partial charge in [-0.1, -0.05) is 176 Å². The van der Waals surface area contributed by atoms with Gasteiger partial charge in [0.15, 0.2) is 0 Å². The van der Waals surface area contributed by atoms with E-state index in [9.17, 15) is 0 Å². The number of hydrogen-bond donors (Lipinski definition) is 0. The van der Waals surface area contributed by atoms with Crippen LogP contribution in [0.4, 0.5) is 0 Å². The number of benzene rings is 12. The standard InChI is InChI=1S/C64H38N2S/c1-3-14-57-54(11-1)55-12-2-4-15-58(55)63-62(57)65-38-60(66-63)52-10-7-9-39(37-52)40-19-20-42-32-43(22-21-41(42)31-40)44-23-24-46-34-47(26-25-45(46)33-44)48-27-28-50-36-51(30-29-49(50)35-48)53-16-8-17-59-56-13-5-6-18-61(56)67-64(53)59/h1-38H. The van der Waals surface area contributed by atoms with Gasteiger partial charge >= 0.3 is 0 Å². The molecule has 2 aromatic heterocycles. The number of rotatable bonds is 5. The van der Waals surface area contributed by atoms with E-state index in [2.05, 4.69) is 224 Å². The van der Waals surface area contributed by atoms with Crippen LogP contribution >= 0.6 is 11.3 Å². The first-order chi connectivity index (χ1) is 33.1. The fraction of sp³-hybridized carbons (Fsp3) is 0. The molecule has 0 N–H and O–H groups in total. The Kier molecular flexibility index (Phi) is 8.49. The second-order valence-electron chi connectivity index (χ2n) is 17.7. The zero-order valence-corrected chi connectivity index (χ0v) is 37.1. The highest BCUT2D eigenvalue weighted by atomic mass is 32.1. The van der Waals surface area contributed by atoms with Crippen LogP contribution in [0, 0.1) is 0 Å². The van der Waals surface area contributed by atoms with Crippen molar-refractivity contribution in [3.8, 4) is 55.8 Å². The molecule has 14 aromatic rings. The Hall–Kier alpha value is -8.50. The van der Waals surface area contributed by atoms with Gasteiger partial charge in [-0.05, 0) is 136 Å². The molecule has 0 bridgehead atoms. The summed E-state index contributed by atoms with van der Waals surface area (Å²) in [5, 5.41) is 14.7. The van der Waals surface area contributed by atoms with Crippen molar-refractivity contribution < 1.29 is 0 Å². The fourth-order valence-electron chi connectivity index (χ4n) is 10.4. The Bertz CT molecular complexity index is 4320. The van der Waals surface area contributed by atoms with Crippen molar-refractivity contribution in [1.82, 2.24) is 9.97 Å². The molecular weight excluding hydrogens is 829 g/mol. The van der Waals surface area contributed by atoms with E-state index >= 15 is 0 Å². The van der Waals surface area contributed by atoms with E-state index in [1.54, 1.807) is 0 Å². The lowest BCUT2D eigenvalue weighted by Gasteiger charge is -2.11. The number of fused-ring (bicyclic) bond motifs is 12. The van der Waals surface area contributed by atoms with E-state index in [1.165, 1.54) is 102 Å². The molecule has 2 heterocycles. The molecule has 12 aromatic carbocycles. The molecule has 0 aliphatic rings. The van der Waals surface area contributed by atoms with Crippen LogP contribution in [0.15, 0.2) is 231 Å². The maximum absolute atomic E-state index is 5.25. The molecule has 14 rings (SSSR count). The summed E-state index contributed by atoms with van der Waals surface area (Å²) in [7, 11) is 0. The summed E-state index contributed by atoms with van der Waals surface area (Å²) in [5.74, 6) is 0. The highest BCUT2D eigenvalue weighted by Gasteiger charge is 2.15. The first-order valence-corrected chi connectivity index (χ1v) is 23.7. The zero-order chi connectivity index (χ0) is 44.0. The van der Waals surface area contributed by atoms with E-state index in [-0.39, 0.29) is 0 Å². The summed E-state index contributed by atoms with van der Waals surface area (Å²) in [6.45, 7) is 0. The van der Waals surface area contributed by atoms with Gasteiger partial charge in [0.25, 0.3) is 0 Å². The van der Waals surface area contributed by atoms with Crippen LogP contribution in [0.2, 0.25) is 0 Å². The van der Waals surface area contributed by atoms with Gasteiger partial charge in [0.1, 0.15) is 0 Å². The molecule has 0 fully saturated rings. The minimum absolute atomic E-state index is 0.868. The maximum atomic E-state index is 5.25. The molecule has 0 spiro atoms. The lowest BCUT2D eigenvalue weighted by Crippen LogP contribution is -1.92. The molecule has 0 atom stereocenters. The van der Waals surface area contributed by atoms with E-state index in [0.29, 0.717) is 0 Å². The summed E-state index contributed by atoms with van der Waals surface area (Å²) < 4.78 is 2.69. The summed E-state index contributed by atoms with van der Waals surface area (Å²) in [5.41, 5.74) is 13.5. The Morgan fingerprint density at radius 3 is 1.27 bits per heavy atom. The van der Waals surface area contributed by atoms with E-state index in [4.69, 9.17) is 9.97 Å². The number of thiophene rings is 1. The van der Waals surface area contributed by atoms with Gasteiger partial charge in [-0.25, -0.2) is 4.98 Å². The van der Waals surface area contributed by atoms with Crippen molar-refractivity contribution in [1.29, 1.82) is 0 Å². The van der Waals surface area contributed by atoms with Crippen molar-refractivity contribution in [2.75, 3.05) is 0 Å². The molecule has 2 nitrogen and oxygen atoms in total. The van der Waals surface area contributed by atoms with Gasteiger partial charge in [0.05, 0.1) is 22.9 Å². The minimum Gasteiger partial charge on any atom is -0.252 e. The van der Waals surface area contributed by atoms with Crippen molar-refractivity contribution in [3.05, 3.63) is 231 Å². The third-order valence-electron chi connectivity index (χ3n) is 13.8. The Morgan fingerprint density at radius 2 is 0.701 bits per heavy atom. The van der Waals surface area contributed by atoms with Crippen molar-refractivity contribution >= 4 is 96.4 Å². The Balaban J connectivity index is 0.730. The average molecular weight is 867 g/mol. The summed E-state index contributed by atoms with van der Waals surface area (Å²) >= 11 is 1.89. The first-order valence-electron chi connectivity index (χ1n) is 22.9. The summed E-state index contributed by atoms with van der Waals surface area (Å²) in [6, 6.07) is 82.2. The van der Waals surface area contributed by atoms with Crippen LogP contribution < -0.4 is 0 Å². The number of hydrogen-bond acceptors (Lipinski definition) is 3.